The molecule has 0 fully saturated rings. The van der Waals surface area contributed by atoms with Crippen molar-refractivity contribution in [2.24, 2.45) is 0 Å². The minimum absolute atomic E-state index is 0.934. The van der Waals surface area contributed by atoms with Gasteiger partial charge in [-0.15, -0.1) is 11.3 Å². The lowest BCUT2D eigenvalue weighted by molar-refractivity contribution is 0.546. The van der Waals surface area contributed by atoms with Gasteiger partial charge in [-0.25, -0.2) is 0 Å². The van der Waals surface area contributed by atoms with Gasteiger partial charge in [0.05, 0.1) is 6.54 Å². The van der Waals surface area contributed by atoms with Gasteiger partial charge >= 0.3 is 0 Å². The van der Waals surface area contributed by atoms with Gasteiger partial charge in [-0.05, 0) is 32.0 Å². The average Bonchev–Trinajstić information content (AvgIpc) is 2.83. The van der Waals surface area contributed by atoms with Gasteiger partial charge in [-0.2, -0.15) is 5.10 Å². The third-order valence-electron chi connectivity index (χ3n) is 2.52. The molecule has 0 saturated heterocycles. The quantitative estimate of drug-likeness (QED) is 0.806. The predicted molar refractivity (Wildman–Crippen MR) is 67.7 cm³/mol. The van der Waals surface area contributed by atoms with E-state index in [0.29, 0.717) is 0 Å². The van der Waals surface area contributed by atoms with Crippen LogP contribution in [0.5, 0.6) is 0 Å². The van der Waals surface area contributed by atoms with Crippen molar-refractivity contribution in [2.45, 2.75) is 26.9 Å². The van der Waals surface area contributed by atoms with Crippen LogP contribution in [0.2, 0.25) is 0 Å². The number of nitrogens with one attached hydrogen (secondary N) is 1. The van der Waals surface area contributed by atoms with E-state index in [1.54, 1.807) is 0 Å². The van der Waals surface area contributed by atoms with Gasteiger partial charge in [0.25, 0.3) is 0 Å². The number of thiophene rings is 1. The molecule has 0 radical (unpaired) electrons. The molecule has 16 heavy (non-hydrogen) atoms. The van der Waals surface area contributed by atoms with Gasteiger partial charge in [0.2, 0.25) is 0 Å². The Balaban J connectivity index is 1.71. The highest BCUT2D eigenvalue weighted by Gasteiger charge is 1.98. The summed E-state index contributed by atoms with van der Waals surface area (Å²) in [6, 6.07) is 6.38. The molecule has 0 atom stereocenters. The third-order valence-corrected chi connectivity index (χ3v) is 3.53. The first kappa shape index (κ1) is 11.4. The van der Waals surface area contributed by atoms with E-state index in [1.807, 2.05) is 28.3 Å². The minimum atomic E-state index is 0.934. The fourth-order valence-corrected chi connectivity index (χ4v) is 2.47. The second-order valence-corrected chi connectivity index (χ2v) is 5.26. The van der Waals surface area contributed by atoms with E-state index in [4.69, 9.17) is 0 Å². The molecule has 2 aromatic heterocycles. The van der Waals surface area contributed by atoms with Gasteiger partial charge in [0, 0.05) is 34.7 Å². The Labute approximate surface area is 100 Å². The second kappa shape index (κ2) is 5.27. The number of hydrogen-bond donors (Lipinski definition) is 1. The van der Waals surface area contributed by atoms with Crippen molar-refractivity contribution in [3.05, 3.63) is 39.8 Å². The largest absolute Gasteiger partial charge is 0.310 e. The number of aromatic nitrogens is 2. The van der Waals surface area contributed by atoms with Crippen LogP contribution in [0, 0.1) is 13.8 Å². The van der Waals surface area contributed by atoms with Crippen LogP contribution < -0.4 is 5.32 Å². The topological polar surface area (TPSA) is 29.9 Å². The lowest BCUT2D eigenvalue weighted by atomic mass is 10.4. The summed E-state index contributed by atoms with van der Waals surface area (Å²) in [5.41, 5.74) is 1.22. The summed E-state index contributed by atoms with van der Waals surface area (Å²) in [5, 5.41) is 7.67. The highest BCUT2D eigenvalue weighted by Crippen LogP contribution is 2.14. The van der Waals surface area contributed by atoms with Gasteiger partial charge in [0.15, 0.2) is 0 Å². The summed E-state index contributed by atoms with van der Waals surface area (Å²) >= 11 is 1.85. The summed E-state index contributed by atoms with van der Waals surface area (Å²) in [6.45, 7) is 7.07. The van der Waals surface area contributed by atoms with E-state index in [0.717, 1.165) is 19.6 Å². The second-order valence-electron chi connectivity index (χ2n) is 3.88. The molecule has 2 heterocycles. The zero-order chi connectivity index (χ0) is 11.4. The summed E-state index contributed by atoms with van der Waals surface area (Å²) in [7, 11) is 0. The molecule has 2 rings (SSSR count). The maximum absolute atomic E-state index is 4.24. The Kier molecular flexibility index (Phi) is 3.74. The number of rotatable bonds is 5. The molecule has 4 heteroatoms. The minimum Gasteiger partial charge on any atom is -0.310 e. The Morgan fingerprint density at radius 1 is 1.31 bits per heavy atom. The zero-order valence-electron chi connectivity index (χ0n) is 9.73. The molecule has 0 amide bonds. The summed E-state index contributed by atoms with van der Waals surface area (Å²) in [6.07, 6.45) is 1.85. The van der Waals surface area contributed by atoms with Gasteiger partial charge < -0.3 is 5.32 Å². The highest BCUT2D eigenvalue weighted by molar-refractivity contribution is 7.11. The highest BCUT2D eigenvalue weighted by atomic mass is 32.1. The molecule has 0 aromatic carbocycles. The van der Waals surface area contributed by atoms with Crippen LogP contribution in [-0.2, 0) is 13.1 Å². The summed E-state index contributed by atoms with van der Waals surface area (Å²) in [4.78, 5) is 2.77. The monoisotopic (exact) mass is 235 g/mol. The molecule has 0 aliphatic rings. The van der Waals surface area contributed by atoms with Crippen LogP contribution in [0.4, 0.5) is 0 Å². The first-order chi connectivity index (χ1) is 7.75. The Morgan fingerprint density at radius 2 is 2.19 bits per heavy atom. The normalized spacial score (nSPS) is 10.9. The van der Waals surface area contributed by atoms with E-state index < -0.39 is 0 Å². The van der Waals surface area contributed by atoms with Crippen molar-refractivity contribution < 1.29 is 0 Å². The van der Waals surface area contributed by atoms with Gasteiger partial charge in [-0.1, -0.05) is 0 Å². The van der Waals surface area contributed by atoms with Crippen molar-refractivity contribution in [3.8, 4) is 0 Å². The Bertz CT molecular complexity index is 445. The number of aryl methyl sites for hydroxylation is 2. The molecule has 2 aromatic rings. The van der Waals surface area contributed by atoms with Gasteiger partial charge in [-0.3, -0.25) is 4.68 Å². The molecule has 3 nitrogen and oxygen atoms in total. The molecular formula is C12H17N3S. The average molecular weight is 235 g/mol. The van der Waals surface area contributed by atoms with Crippen molar-refractivity contribution in [3.63, 3.8) is 0 Å². The fraction of sp³-hybridized carbons (Fsp3) is 0.417. The van der Waals surface area contributed by atoms with E-state index in [-0.39, 0.29) is 0 Å². The van der Waals surface area contributed by atoms with Crippen LogP contribution in [0.1, 0.15) is 15.4 Å². The van der Waals surface area contributed by atoms with Gasteiger partial charge in [0.1, 0.15) is 0 Å². The van der Waals surface area contributed by atoms with E-state index in [2.05, 4.69) is 36.4 Å². The Hall–Kier alpha value is -1.13. The van der Waals surface area contributed by atoms with Crippen LogP contribution >= 0.6 is 11.3 Å². The van der Waals surface area contributed by atoms with Crippen molar-refractivity contribution in [2.75, 3.05) is 6.54 Å². The van der Waals surface area contributed by atoms with E-state index in [9.17, 15) is 0 Å². The molecule has 0 aliphatic carbocycles. The fourth-order valence-electron chi connectivity index (χ4n) is 1.61. The molecule has 0 unspecified atom stereocenters. The summed E-state index contributed by atoms with van der Waals surface area (Å²) < 4.78 is 2.02. The smallest absolute Gasteiger partial charge is 0.0537 e. The van der Waals surface area contributed by atoms with Crippen LogP contribution in [0.15, 0.2) is 24.4 Å². The Morgan fingerprint density at radius 3 is 2.81 bits per heavy atom. The molecule has 0 bridgehead atoms. The van der Waals surface area contributed by atoms with Crippen LogP contribution in [0.25, 0.3) is 0 Å². The van der Waals surface area contributed by atoms with E-state index >= 15 is 0 Å². The van der Waals surface area contributed by atoms with Crippen LogP contribution in [-0.4, -0.2) is 16.3 Å². The molecule has 1 N–H and O–H groups in total. The maximum Gasteiger partial charge on any atom is 0.0537 e. The van der Waals surface area contributed by atoms with Crippen molar-refractivity contribution in [1.82, 2.24) is 15.1 Å². The van der Waals surface area contributed by atoms with Crippen molar-refractivity contribution >= 4 is 11.3 Å². The zero-order valence-corrected chi connectivity index (χ0v) is 10.5. The van der Waals surface area contributed by atoms with Crippen molar-refractivity contribution in [1.29, 1.82) is 0 Å². The standard InChI is InChI=1S/C12H17N3S/c1-10-5-6-14-15(10)8-7-13-9-12-4-3-11(2)16-12/h3-6,13H,7-9H2,1-2H3. The third kappa shape index (κ3) is 2.93. The molecule has 0 spiro atoms. The predicted octanol–water partition coefficient (Wildman–Crippen LogP) is 2.35. The SMILES string of the molecule is Cc1ccc(CNCCn2nccc2C)s1. The lowest BCUT2D eigenvalue weighted by Gasteiger charge is -2.05. The molecular weight excluding hydrogens is 218 g/mol. The van der Waals surface area contributed by atoms with Crippen LogP contribution in [0.3, 0.4) is 0 Å². The first-order valence-electron chi connectivity index (χ1n) is 5.50. The molecule has 0 saturated carbocycles. The molecule has 86 valence electrons. The summed E-state index contributed by atoms with van der Waals surface area (Å²) in [5.74, 6) is 0. The maximum atomic E-state index is 4.24. The number of nitrogens with zero attached hydrogens (tertiary/aromatic N) is 2. The van der Waals surface area contributed by atoms with E-state index in [1.165, 1.54) is 15.4 Å². The number of hydrogen-bond acceptors (Lipinski definition) is 3. The first-order valence-corrected chi connectivity index (χ1v) is 6.32. The molecule has 0 aliphatic heterocycles. The lowest BCUT2D eigenvalue weighted by Crippen LogP contribution is -2.20.